The highest BCUT2D eigenvalue weighted by Crippen LogP contribution is 2.34. The Labute approximate surface area is 170 Å². The van der Waals surface area contributed by atoms with Crippen molar-refractivity contribution in [3.05, 3.63) is 0 Å². The van der Waals surface area contributed by atoms with Crippen molar-refractivity contribution in [2.45, 2.75) is 51.0 Å². The molecular weight excluding hydrogens is 378 g/mol. The average molecular weight is 416 g/mol. The lowest BCUT2D eigenvalue weighted by Crippen LogP contribution is -2.56. The first-order valence-corrected chi connectivity index (χ1v) is 12.5. The molecule has 162 valence electrons. The van der Waals surface area contributed by atoms with E-state index >= 15 is 0 Å². The average Bonchev–Trinajstić information content (AvgIpc) is 3.05. The molecule has 0 atom stereocenters. The maximum absolute atomic E-state index is 11.9. The molecule has 9 heteroatoms. The first-order chi connectivity index (χ1) is 13.6. The smallest absolute Gasteiger partial charge is 0.214 e. The molecule has 2 saturated heterocycles. The summed E-state index contributed by atoms with van der Waals surface area (Å²) in [5.74, 6) is 1.07. The highest BCUT2D eigenvalue weighted by atomic mass is 32.2. The zero-order valence-electron chi connectivity index (χ0n) is 17.3. The van der Waals surface area contributed by atoms with E-state index < -0.39 is 10.0 Å². The van der Waals surface area contributed by atoms with Crippen LogP contribution in [0.1, 0.15) is 45.4 Å². The highest BCUT2D eigenvalue weighted by Gasteiger charge is 2.38. The molecular formula is C19H37N5O3S. The summed E-state index contributed by atoms with van der Waals surface area (Å²) in [7, 11) is -3.04. The van der Waals surface area contributed by atoms with E-state index in [1.165, 1.54) is 32.1 Å². The Morgan fingerprint density at radius 2 is 1.82 bits per heavy atom. The number of morpholine rings is 1. The van der Waals surface area contributed by atoms with Crippen LogP contribution in [-0.4, -0.2) is 93.9 Å². The molecule has 28 heavy (non-hydrogen) atoms. The molecule has 2 heterocycles. The third kappa shape index (κ3) is 5.58. The Hall–Kier alpha value is -0.900. The van der Waals surface area contributed by atoms with E-state index in [-0.39, 0.29) is 11.3 Å². The number of rotatable bonds is 7. The first kappa shape index (κ1) is 21.8. The summed E-state index contributed by atoms with van der Waals surface area (Å²) < 4.78 is 31.0. The molecule has 2 aliphatic heterocycles. The van der Waals surface area contributed by atoms with Gasteiger partial charge in [0.05, 0.1) is 25.5 Å². The Bertz CT molecular complexity index is 613. The second kappa shape index (κ2) is 10.2. The monoisotopic (exact) mass is 415 g/mol. The minimum absolute atomic E-state index is 0.142. The Morgan fingerprint density at radius 1 is 1.07 bits per heavy atom. The van der Waals surface area contributed by atoms with Gasteiger partial charge in [0.15, 0.2) is 5.96 Å². The molecule has 0 aromatic carbocycles. The summed E-state index contributed by atoms with van der Waals surface area (Å²) >= 11 is 0. The van der Waals surface area contributed by atoms with Crippen molar-refractivity contribution in [2.75, 3.05) is 64.8 Å². The van der Waals surface area contributed by atoms with E-state index in [0.29, 0.717) is 19.6 Å². The van der Waals surface area contributed by atoms with Crippen LogP contribution >= 0.6 is 0 Å². The van der Waals surface area contributed by atoms with Gasteiger partial charge in [-0.05, 0) is 26.2 Å². The van der Waals surface area contributed by atoms with Crippen molar-refractivity contribution in [2.24, 2.45) is 4.99 Å². The van der Waals surface area contributed by atoms with Crippen molar-refractivity contribution in [1.82, 2.24) is 19.8 Å². The van der Waals surface area contributed by atoms with Crippen molar-refractivity contribution < 1.29 is 13.2 Å². The molecule has 0 aromatic heterocycles. The number of ether oxygens (including phenoxy) is 1. The molecule has 1 saturated carbocycles. The summed E-state index contributed by atoms with van der Waals surface area (Å²) in [6.45, 7) is 8.96. The Morgan fingerprint density at radius 3 is 2.46 bits per heavy atom. The summed E-state index contributed by atoms with van der Waals surface area (Å²) in [5.41, 5.74) is 0.142. The second-order valence-corrected chi connectivity index (χ2v) is 10.2. The molecule has 3 rings (SSSR count). The van der Waals surface area contributed by atoms with Crippen molar-refractivity contribution in [3.8, 4) is 0 Å². The van der Waals surface area contributed by atoms with Gasteiger partial charge in [-0.3, -0.25) is 9.89 Å². The molecule has 3 fully saturated rings. The SMILES string of the molecule is CCNC(=NCC1(N2CCOCC2)CCCCC1)NCCN1CCCS1(=O)=O. The molecule has 0 radical (unpaired) electrons. The number of aliphatic imine (C=N–C) groups is 1. The Balaban J connectivity index is 1.59. The van der Waals surface area contributed by atoms with Crippen LogP contribution in [0.3, 0.4) is 0 Å². The maximum Gasteiger partial charge on any atom is 0.214 e. The summed E-state index contributed by atoms with van der Waals surface area (Å²) in [4.78, 5) is 7.53. The van der Waals surface area contributed by atoms with Crippen LogP contribution in [0.2, 0.25) is 0 Å². The van der Waals surface area contributed by atoms with Gasteiger partial charge in [0.1, 0.15) is 0 Å². The fraction of sp³-hybridized carbons (Fsp3) is 0.947. The van der Waals surface area contributed by atoms with Crippen LogP contribution in [0.15, 0.2) is 4.99 Å². The standard InChI is InChI=1S/C19H37N5O3S/c1-2-20-18(21-9-11-24-10-6-16-28(24,25)26)22-17-19(7-4-3-5-8-19)23-12-14-27-15-13-23/h2-17H2,1H3,(H2,20,21,22). The van der Waals surface area contributed by atoms with E-state index in [1.807, 2.05) is 0 Å². The van der Waals surface area contributed by atoms with E-state index in [4.69, 9.17) is 9.73 Å². The van der Waals surface area contributed by atoms with Gasteiger partial charge in [0.2, 0.25) is 10.0 Å². The topological polar surface area (TPSA) is 86.3 Å². The van der Waals surface area contributed by atoms with Gasteiger partial charge in [-0.2, -0.15) is 0 Å². The minimum Gasteiger partial charge on any atom is -0.379 e. The summed E-state index contributed by atoms with van der Waals surface area (Å²) in [5, 5.41) is 6.65. The van der Waals surface area contributed by atoms with Gasteiger partial charge >= 0.3 is 0 Å². The van der Waals surface area contributed by atoms with Crippen LogP contribution in [0, 0.1) is 0 Å². The molecule has 2 N–H and O–H groups in total. The van der Waals surface area contributed by atoms with E-state index in [9.17, 15) is 8.42 Å². The van der Waals surface area contributed by atoms with Gasteiger partial charge in [0.25, 0.3) is 0 Å². The normalized spacial score (nSPS) is 26.2. The maximum atomic E-state index is 11.9. The van der Waals surface area contributed by atoms with Gasteiger partial charge in [0, 0.05) is 44.8 Å². The van der Waals surface area contributed by atoms with Crippen LogP contribution in [-0.2, 0) is 14.8 Å². The minimum atomic E-state index is -3.04. The molecule has 0 amide bonds. The van der Waals surface area contributed by atoms with Crippen molar-refractivity contribution in [3.63, 3.8) is 0 Å². The highest BCUT2D eigenvalue weighted by molar-refractivity contribution is 7.89. The fourth-order valence-corrected chi connectivity index (χ4v) is 6.16. The lowest BCUT2D eigenvalue weighted by molar-refractivity contribution is -0.0333. The van der Waals surface area contributed by atoms with Gasteiger partial charge in [-0.15, -0.1) is 0 Å². The molecule has 8 nitrogen and oxygen atoms in total. The third-order valence-electron chi connectivity index (χ3n) is 6.20. The zero-order chi connectivity index (χ0) is 19.9. The summed E-state index contributed by atoms with van der Waals surface area (Å²) in [6.07, 6.45) is 6.98. The number of nitrogens with one attached hydrogen (secondary N) is 2. The number of sulfonamides is 1. The van der Waals surface area contributed by atoms with Crippen LogP contribution in [0.5, 0.6) is 0 Å². The first-order valence-electron chi connectivity index (χ1n) is 10.9. The lowest BCUT2D eigenvalue weighted by atomic mass is 9.80. The van der Waals surface area contributed by atoms with Crippen molar-refractivity contribution in [1.29, 1.82) is 0 Å². The number of hydrogen-bond donors (Lipinski definition) is 2. The predicted octanol–water partition coefficient (Wildman–Crippen LogP) is 0.612. The molecule has 1 aliphatic carbocycles. The third-order valence-corrected chi connectivity index (χ3v) is 8.16. The van der Waals surface area contributed by atoms with Crippen molar-refractivity contribution >= 4 is 16.0 Å². The Kier molecular flexibility index (Phi) is 7.96. The molecule has 3 aliphatic rings. The van der Waals surface area contributed by atoms with E-state index in [2.05, 4.69) is 22.5 Å². The van der Waals surface area contributed by atoms with Crippen LogP contribution in [0.25, 0.3) is 0 Å². The lowest BCUT2D eigenvalue weighted by Gasteiger charge is -2.47. The van der Waals surface area contributed by atoms with Gasteiger partial charge in [-0.25, -0.2) is 12.7 Å². The summed E-state index contributed by atoms with van der Waals surface area (Å²) in [6, 6.07) is 0. The quantitative estimate of drug-likeness (QED) is 0.468. The number of nitrogens with zero attached hydrogens (tertiary/aromatic N) is 3. The number of guanidine groups is 1. The fourth-order valence-electron chi connectivity index (χ4n) is 4.63. The van der Waals surface area contributed by atoms with E-state index in [0.717, 1.165) is 51.8 Å². The van der Waals surface area contributed by atoms with E-state index in [1.54, 1.807) is 4.31 Å². The molecule has 0 unspecified atom stereocenters. The molecule has 0 bridgehead atoms. The zero-order valence-corrected chi connectivity index (χ0v) is 18.1. The van der Waals surface area contributed by atoms with Crippen LogP contribution < -0.4 is 10.6 Å². The predicted molar refractivity (Wildman–Crippen MR) is 112 cm³/mol. The molecule has 0 spiro atoms. The number of hydrogen-bond acceptors (Lipinski definition) is 5. The largest absolute Gasteiger partial charge is 0.379 e. The van der Waals surface area contributed by atoms with Gasteiger partial charge < -0.3 is 15.4 Å². The van der Waals surface area contributed by atoms with Crippen LogP contribution in [0.4, 0.5) is 0 Å². The second-order valence-electron chi connectivity index (χ2n) is 8.07. The van der Waals surface area contributed by atoms with Gasteiger partial charge in [-0.1, -0.05) is 19.3 Å². The molecule has 0 aromatic rings.